The lowest BCUT2D eigenvalue weighted by Gasteiger charge is -2.07. The van der Waals surface area contributed by atoms with Gasteiger partial charge in [-0.3, -0.25) is 0 Å². The maximum absolute atomic E-state index is 9.28. The highest BCUT2D eigenvalue weighted by Gasteiger charge is 2.15. The Morgan fingerprint density at radius 1 is 1.24 bits per heavy atom. The molecule has 3 aromatic rings. The molecule has 3 rings (SSSR count). The van der Waals surface area contributed by atoms with Gasteiger partial charge in [0.15, 0.2) is 5.58 Å². The number of methoxy groups -OCH3 is 1. The number of rotatable bonds is 4. The van der Waals surface area contributed by atoms with Gasteiger partial charge in [-0.1, -0.05) is 12.1 Å². The Morgan fingerprint density at radius 3 is 2.71 bits per heavy atom. The first-order chi connectivity index (χ1) is 10.2. The summed E-state index contributed by atoms with van der Waals surface area (Å²) in [5, 5.41) is 9.28. The fourth-order valence-electron chi connectivity index (χ4n) is 2.18. The summed E-state index contributed by atoms with van der Waals surface area (Å²) in [5.74, 6) is 1.46. The number of nitrogens with two attached hydrogens (primary N) is 1. The van der Waals surface area contributed by atoms with Gasteiger partial charge in [0.1, 0.15) is 17.0 Å². The fourth-order valence-corrected chi connectivity index (χ4v) is 2.18. The summed E-state index contributed by atoms with van der Waals surface area (Å²) < 4.78 is 10.8. The van der Waals surface area contributed by atoms with Crippen LogP contribution in [0, 0.1) is 0 Å². The average Bonchev–Trinajstić information content (AvgIpc) is 2.92. The van der Waals surface area contributed by atoms with Crippen LogP contribution < -0.4 is 10.5 Å². The first kappa shape index (κ1) is 13.5. The van der Waals surface area contributed by atoms with Crippen molar-refractivity contribution in [3.05, 3.63) is 53.9 Å². The molecule has 108 valence electrons. The minimum atomic E-state index is -0.340. The third-order valence-corrected chi connectivity index (χ3v) is 3.32. The van der Waals surface area contributed by atoms with E-state index in [9.17, 15) is 5.11 Å². The molecule has 2 aromatic carbocycles. The second kappa shape index (κ2) is 5.46. The Morgan fingerprint density at radius 2 is 2.00 bits per heavy atom. The van der Waals surface area contributed by atoms with Gasteiger partial charge >= 0.3 is 0 Å². The zero-order valence-electron chi connectivity index (χ0n) is 11.6. The van der Waals surface area contributed by atoms with Gasteiger partial charge in [0, 0.05) is 6.07 Å². The van der Waals surface area contributed by atoms with Crippen LogP contribution in [0.1, 0.15) is 17.5 Å². The molecule has 5 heteroatoms. The molecule has 1 unspecified atom stereocenters. The third kappa shape index (κ3) is 2.83. The van der Waals surface area contributed by atoms with Gasteiger partial charge in [0.05, 0.1) is 13.2 Å². The van der Waals surface area contributed by atoms with Gasteiger partial charge in [0.25, 0.3) is 0 Å². The fraction of sp³-hybridized carbons (Fsp3) is 0.188. The van der Waals surface area contributed by atoms with Crippen LogP contribution in [0.3, 0.4) is 0 Å². The van der Waals surface area contributed by atoms with E-state index in [-0.39, 0.29) is 11.8 Å². The van der Waals surface area contributed by atoms with Crippen molar-refractivity contribution in [2.75, 3.05) is 7.11 Å². The lowest BCUT2D eigenvalue weighted by atomic mass is 10.1. The molecular weight excluding hydrogens is 268 g/mol. The minimum Gasteiger partial charge on any atom is -0.508 e. The van der Waals surface area contributed by atoms with Gasteiger partial charge < -0.3 is 20.0 Å². The van der Waals surface area contributed by atoms with Crippen LogP contribution in [0.15, 0.2) is 46.9 Å². The highest BCUT2D eigenvalue weighted by molar-refractivity contribution is 5.74. The molecule has 0 saturated carbocycles. The van der Waals surface area contributed by atoms with Crippen LogP contribution in [-0.4, -0.2) is 17.2 Å². The second-order valence-corrected chi connectivity index (χ2v) is 4.86. The minimum absolute atomic E-state index is 0.237. The van der Waals surface area contributed by atoms with E-state index < -0.39 is 0 Å². The Kier molecular flexibility index (Phi) is 3.50. The maximum Gasteiger partial charge on any atom is 0.212 e. The largest absolute Gasteiger partial charge is 0.508 e. The molecule has 0 aliphatic heterocycles. The van der Waals surface area contributed by atoms with E-state index >= 15 is 0 Å². The van der Waals surface area contributed by atoms with Crippen molar-refractivity contribution in [2.45, 2.75) is 12.5 Å². The molecule has 0 amide bonds. The number of hydrogen-bond acceptors (Lipinski definition) is 5. The smallest absolute Gasteiger partial charge is 0.212 e. The summed E-state index contributed by atoms with van der Waals surface area (Å²) in [4.78, 5) is 4.41. The van der Waals surface area contributed by atoms with Crippen molar-refractivity contribution < 1.29 is 14.3 Å². The SMILES string of the molecule is COc1ccc2oc(C(N)Cc3ccc(O)cc3)nc2c1. The number of nitrogens with zero attached hydrogens (tertiary/aromatic N) is 1. The van der Waals surface area contributed by atoms with Gasteiger partial charge in [-0.05, 0) is 36.2 Å². The van der Waals surface area contributed by atoms with Crippen LogP contribution in [0.5, 0.6) is 11.5 Å². The number of aromatic hydroxyl groups is 1. The monoisotopic (exact) mass is 284 g/mol. The highest BCUT2D eigenvalue weighted by atomic mass is 16.5. The van der Waals surface area contributed by atoms with Crippen molar-refractivity contribution in [1.29, 1.82) is 0 Å². The zero-order chi connectivity index (χ0) is 14.8. The van der Waals surface area contributed by atoms with E-state index in [0.717, 1.165) is 16.8 Å². The molecule has 3 N–H and O–H groups in total. The Hall–Kier alpha value is -2.53. The van der Waals surface area contributed by atoms with Gasteiger partial charge in [-0.2, -0.15) is 0 Å². The van der Waals surface area contributed by atoms with Crippen molar-refractivity contribution in [3.63, 3.8) is 0 Å². The molecule has 0 saturated heterocycles. The topological polar surface area (TPSA) is 81.5 Å². The lowest BCUT2D eigenvalue weighted by molar-refractivity contribution is 0.415. The first-order valence-corrected chi connectivity index (χ1v) is 6.63. The van der Waals surface area contributed by atoms with E-state index in [1.54, 1.807) is 19.2 Å². The standard InChI is InChI=1S/C16H16N2O3/c1-20-12-6-7-15-14(9-12)18-16(21-15)13(17)8-10-2-4-11(19)5-3-10/h2-7,9,13,19H,8,17H2,1H3. The molecule has 0 spiro atoms. The predicted molar refractivity (Wildman–Crippen MR) is 79.3 cm³/mol. The number of fused-ring (bicyclic) bond motifs is 1. The van der Waals surface area contributed by atoms with Gasteiger partial charge in [-0.25, -0.2) is 4.98 Å². The molecule has 1 heterocycles. The summed E-state index contributed by atoms with van der Waals surface area (Å²) in [5.41, 5.74) is 8.58. The predicted octanol–water partition coefficient (Wildman–Crippen LogP) is 2.78. The normalized spacial score (nSPS) is 12.5. The summed E-state index contributed by atoms with van der Waals surface area (Å²) >= 11 is 0. The van der Waals surface area contributed by atoms with E-state index in [2.05, 4.69) is 4.98 Å². The van der Waals surface area contributed by atoms with E-state index in [4.69, 9.17) is 14.9 Å². The molecule has 1 aromatic heterocycles. The molecule has 1 atom stereocenters. The summed E-state index contributed by atoms with van der Waals surface area (Å²) in [6.45, 7) is 0. The second-order valence-electron chi connectivity index (χ2n) is 4.86. The molecule has 0 aliphatic rings. The van der Waals surface area contributed by atoms with E-state index in [1.165, 1.54) is 0 Å². The number of benzene rings is 2. The number of ether oxygens (including phenoxy) is 1. The molecule has 5 nitrogen and oxygen atoms in total. The lowest BCUT2D eigenvalue weighted by Crippen LogP contribution is -2.13. The number of hydrogen-bond donors (Lipinski definition) is 2. The molecule has 0 fully saturated rings. The Balaban J connectivity index is 1.83. The molecule has 21 heavy (non-hydrogen) atoms. The summed E-state index contributed by atoms with van der Waals surface area (Å²) in [6.07, 6.45) is 0.588. The van der Waals surface area contributed by atoms with Crippen molar-refractivity contribution in [1.82, 2.24) is 4.98 Å². The molecule has 0 aliphatic carbocycles. The molecule has 0 bridgehead atoms. The van der Waals surface area contributed by atoms with Gasteiger partial charge in [-0.15, -0.1) is 0 Å². The summed E-state index contributed by atoms with van der Waals surface area (Å²) in [7, 11) is 1.61. The summed E-state index contributed by atoms with van der Waals surface area (Å²) in [6, 6.07) is 12.1. The van der Waals surface area contributed by atoms with Crippen LogP contribution in [0.25, 0.3) is 11.1 Å². The van der Waals surface area contributed by atoms with Crippen LogP contribution >= 0.6 is 0 Å². The van der Waals surface area contributed by atoms with Gasteiger partial charge in [0.2, 0.25) is 5.89 Å². The Bertz CT molecular complexity index is 750. The van der Waals surface area contributed by atoms with Crippen molar-refractivity contribution in [2.24, 2.45) is 5.73 Å². The molecule has 0 radical (unpaired) electrons. The number of phenolic OH excluding ortho intramolecular Hbond substituents is 1. The third-order valence-electron chi connectivity index (χ3n) is 3.32. The molecular formula is C16H16N2O3. The van der Waals surface area contributed by atoms with Crippen molar-refractivity contribution in [3.8, 4) is 11.5 Å². The van der Waals surface area contributed by atoms with Crippen LogP contribution in [0.2, 0.25) is 0 Å². The number of oxazole rings is 1. The number of phenols is 1. The zero-order valence-corrected chi connectivity index (χ0v) is 11.6. The highest BCUT2D eigenvalue weighted by Crippen LogP contribution is 2.25. The van der Waals surface area contributed by atoms with E-state index in [1.807, 2.05) is 30.3 Å². The Labute approximate surface area is 122 Å². The quantitative estimate of drug-likeness (QED) is 0.770. The van der Waals surface area contributed by atoms with Crippen LogP contribution in [-0.2, 0) is 6.42 Å². The average molecular weight is 284 g/mol. The maximum atomic E-state index is 9.28. The van der Waals surface area contributed by atoms with E-state index in [0.29, 0.717) is 17.9 Å². The number of aromatic nitrogens is 1. The first-order valence-electron chi connectivity index (χ1n) is 6.63. The van der Waals surface area contributed by atoms with Crippen molar-refractivity contribution >= 4 is 11.1 Å². The van der Waals surface area contributed by atoms with Crippen LogP contribution in [0.4, 0.5) is 0 Å².